The number of unbranched alkanes of at least 4 members (excludes halogenated alkanes) is 25. The average molecular weight is 733 g/mol. The first-order valence-corrected chi connectivity index (χ1v) is 22.3. The van der Waals surface area contributed by atoms with Crippen molar-refractivity contribution in [2.24, 2.45) is 0 Å². The van der Waals surface area contributed by atoms with Crippen molar-refractivity contribution in [2.45, 2.75) is 239 Å². The molecule has 52 heavy (non-hydrogen) atoms. The van der Waals surface area contributed by atoms with Crippen LogP contribution in [0.3, 0.4) is 0 Å². The van der Waals surface area contributed by atoms with Crippen LogP contribution in [0.5, 0.6) is 0 Å². The van der Waals surface area contributed by atoms with Gasteiger partial charge >= 0.3 is 17.9 Å². The zero-order chi connectivity index (χ0) is 38.0. The highest BCUT2D eigenvalue weighted by atomic mass is 16.6. The number of carbonyl (C=O) groups is 3. The van der Waals surface area contributed by atoms with E-state index in [4.69, 9.17) is 14.2 Å². The fraction of sp³-hybridized carbons (Fsp3) is 0.848. The summed E-state index contributed by atoms with van der Waals surface area (Å²) < 4.78 is 16.6. The number of rotatable bonds is 40. The van der Waals surface area contributed by atoms with Gasteiger partial charge in [0.15, 0.2) is 6.10 Å². The normalized spacial score (nSPS) is 12.1. The number of hydrogen-bond donors (Lipinski definition) is 0. The standard InChI is InChI=1S/C46H84O6/c1-4-7-10-13-16-18-20-21-22-23-24-26-27-30-33-36-39-45(48)51-42-43(41-50-44(47)38-35-32-29-15-12-9-6-3)52-46(49)40-37-34-31-28-25-19-17-14-11-8-5-2/h14,17,22-23,43H,4-13,15-16,18-21,24-42H2,1-3H3/b17-14-,23-22-. The van der Waals surface area contributed by atoms with Gasteiger partial charge in [-0.05, 0) is 64.2 Å². The SMILES string of the molecule is CCCC/C=C\CCCCCCCC(=O)OC(COC(=O)CCCCCCC/C=C\CCCCCCCCC)COC(=O)CCCCCCCCC. The van der Waals surface area contributed by atoms with Gasteiger partial charge in [0.2, 0.25) is 0 Å². The molecule has 0 aromatic heterocycles. The molecule has 0 bridgehead atoms. The zero-order valence-electron chi connectivity index (χ0n) is 34.6. The third kappa shape index (κ3) is 39.1. The molecule has 6 nitrogen and oxygen atoms in total. The second-order valence-corrected chi connectivity index (χ2v) is 15.0. The third-order valence-corrected chi connectivity index (χ3v) is 9.68. The molecule has 0 fully saturated rings. The van der Waals surface area contributed by atoms with Gasteiger partial charge in [-0.2, -0.15) is 0 Å². The summed E-state index contributed by atoms with van der Waals surface area (Å²) in [6.45, 7) is 6.54. The van der Waals surface area contributed by atoms with Gasteiger partial charge in [0.25, 0.3) is 0 Å². The van der Waals surface area contributed by atoms with Crippen molar-refractivity contribution >= 4 is 17.9 Å². The molecular weight excluding hydrogens is 649 g/mol. The van der Waals surface area contributed by atoms with Gasteiger partial charge in [0, 0.05) is 19.3 Å². The van der Waals surface area contributed by atoms with E-state index in [1.165, 1.54) is 116 Å². The van der Waals surface area contributed by atoms with Crippen molar-refractivity contribution in [2.75, 3.05) is 13.2 Å². The smallest absolute Gasteiger partial charge is 0.306 e. The topological polar surface area (TPSA) is 78.9 Å². The predicted octanol–water partition coefficient (Wildman–Crippen LogP) is 14.0. The van der Waals surface area contributed by atoms with E-state index in [0.29, 0.717) is 19.3 Å². The Morgan fingerprint density at radius 3 is 1.02 bits per heavy atom. The number of allylic oxidation sites excluding steroid dienone is 4. The quantitative estimate of drug-likeness (QED) is 0.0270. The zero-order valence-corrected chi connectivity index (χ0v) is 34.6. The van der Waals surface area contributed by atoms with E-state index in [1.807, 2.05) is 0 Å². The van der Waals surface area contributed by atoms with Crippen molar-refractivity contribution in [1.29, 1.82) is 0 Å². The fourth-order valence-electron chi connectivity index (χ4n) is 6.24. The molecule has 0 heterocycles. The lowest BCUT2D eigenvalue weighted by Crippen LogP contribution is -2.30. The van der Waals surface area contributed by atoms with Crippen LogP contribution in [0.15, 0.2) is 24.3 Å². The molecule has 0 aliphatic rings. The predicted molar refractivity (Wildman–Crippen MR) is 219 cm³/mol. The minimum absolute atomic E-state index is 0.0758. The molecule has 0 aliphatic carbocycles. The summed E-state index contributed by atoms with van der Waals surface area (Å²) in [4.78, 5) is 37.5. The summed E-state index contributed by atoms with van der Waals surface area (Å²) >= 11 is 0. The van der Waals surface area contributed by atoms with E-state index in [0.717, 1.165) is 77.0 Å². The summed E-state index contributed by atoms with van der Waals surface area (Å²) in [5.41, 5.74) is 0. The summed E-state index contributed by atoms with van der Waals surface area (Å²) in [5.74, 6) is -0.899. The van der Waals surface area contributed by atoms with Gasteiger partial charge in [0.1, 0.15) is 13.2 Å². The Kier molecular flexibility index (Phi) is 40.0. The number of hydrogen-bond acceptors (Lipinski definition) is 6. The van der Waals surface area contributed by atoms with Crippen LogP contribution in [0.1, 0.15) is 233 Å². The first-order chi connectivity index (χ1) is 25.5. The Bertz CT molecular complexity index is 850. The Hall–Kier alpha value is -2.11. The van der Waals surface area contributed by atoms with Crippen LogP contribution >= 0.6 is 0 Å². The van der Waals surface area contributed by atoms with Crippen molar-refractivity contribution in [1.82, 2.24) is 0 Å². The Balaban J connectivity index is 4.29. The summed E-state index contributed by atoms with van der Waals surface area (Å²) in [6.07, 6.45) is 44.6. The highest BCUT2D eigenvalue weighted by Crippen LogP contribution is 2.14. The fourth-order valence-corrected chi connectivity index (χ4v) is 6.24. The van der Waals surface area contributed by atoms with Crippen molar-refractivity contribution in [3.05, 3.63) is 24.3 Å². The average Bonchev–Trinajstić information content (AvgIpc) is 3.14. The van der Waals surface area contributed by atoms with E-state index >= 15 is 0 Å². The maximum atomic E-state index is 12.6. The van der Waals surface area contributed by atoms with E-state index < -0.39 is 6.10 Å². The summed E-state index contributed by atoms with van der Waals surface area (Å²) in [6, 6.07) is 0. The van der Waals surface area contributed by atoms with Crippen molar-refractivity contribution in [3.8, 4) is 0 Å². The van der Waals surface area contributed by atoms with E-state index in [1.54, 1.807) is 0 Å². The molecule has 0 rings (SSSR count). The van der Waals surface area contributed by atoms with Crippen LogP contribution in [0.4, 0.5) is 0 Å². The van der Waals surface area contributed by atoms with Crippen LogP contribution in [0.25, 0.3) is 0 Å². The van der Waals surface area contributed by atoms with Crippen molar-refractivity contribution in [3.63, 3.8) is 0 Å². The van der Waals surface area contributed by atoms with Crippen molar-refractivity contribution < 1.29 is 28.6 Å². The number of esters is 3. The lowest BCUT2D eigenvalue weighted by Gasteiger charge is -2.18. The molecule has 0 aliphatic heterocycles. The Labute approximate surface area is 322 Å². The van der Waals surface area contributed by atoms with Gasteiger partial charge in [-0.15, -0.1) is 0 Å². The van der Waals surface area contributed by atoms with E-state index in [2.05, 4.69) is 45.1 Å². The molecule has 1 unspecified atom stereocenters. The number of carbonyl (C=O) groups excluding carboxylic acids is 3. The molecular formula is C46H84O6. The van der Waals surface area contributed by atoms with Crippen LogP contribution in [-0.4, -0.2) is 37.2 Å². The summed E-state index contributed by atoms with van der Waals surface area (Å²) in [7, 11) is 0. The molecule has 0 saturated heterocycles. The van der Waals surface area contributed by atoms with Gasteiger partial charge < -0.3 is 14.2 Å². The lowest BCUT2D eigenvalue weighted by molar-refractivity contribution is -0.167. The molecule has 0 saturated carbocycles. The maximum absolute atomic E-state index is 12.6. The maximum Gasteiger partial charge on any atom is 0.306 e. The molecule has 304 valence electrons. The van der Waals surface area contributed by atoms with E-state index in [-0.39, 0.29) is 31.1 Å². The minimum Gasteiger partial charge on any atom is -0.462 e. The first kappa shape index (κ1) is 49.9. The largest absolute Gasteiger partial charge is 0.462 e. The second kappa shape index (κ2) is 41.6. The van der Waals surface area contributed by atoms with Gasteiger partial charge in [-0.25, -0.2) is 0 Å². The molecule has 1 atom stereocenters. The van der Waals surface area contributed by atoms with Gasteiger partial charge in [-0.1, -0.05) is 173 Å². The molecule has 0 spiro atoms. The van der Waals surface area contributed by atoms with E-state index in [9.17, 15) is 14.4 Å². The highest BCUT2D eigenvalue weighted by Gasteiger charge is 2.19. The van der Waals surface area contributed by atoms with Gasteiger partial charge in [0.05, 0.1) is 0 Å². The van der Waals surface area contributed by atoms with Gasteiger partial charge in [-0.3, -0.25) is 14.4 Å². The molecule has 6 heteroatoms. The minimum atomic E-state index is -0.771. The molecule has 0 amide bonds. The van der Waals surface area contributed by atoms with Crippen LogP contribution in [-0.2, 0) is 28.6 Å². The van der Waals surface area contributed by atoms with Crippen LogP contribution < -0.4 is 0 Å². The van der Waals surface area contributed by atoms with Crippen LogP contribution in [0, 0.1) is 0 Å². The Morgan fingerprint density at radius 1 is 0.365 bits per heavy atom. The first-order valence-electron chi connectivity index (χ1n) is 22.3. The van der Waals surface area contributed by atoms with Crippen LogP contribution in [0.2, 0.25) is 0 Å². The molecule has 0 N–H and O–H groups in total. The third-order valence-electron chi connectivity index (χ3n) is 9.68. The lowest BCUT2D eigenvalue weighted by atomic mass is 10.1. The monoisotopic (exact) mass is 733 g/mol. The Morgan fingerprint density at radius 2 is 0.654 bits per heavy atom. The second-order valence-electron chi connectivity index (χ2n) is 15.0. The molecule has 0 aromatic carbocycles. The number of ether oxygens (including phenoxy) is 3. The molecule has 0 radical (unpaired) electrons. The summed E-state index contributed by atoms with van der Waals surface area (Å²) in [5, 5.41) is 0. The highest BCUT2D eigenvalue weighted by molar-refractivity contribution is 5.71. The molecule has 0 aromatic rings.